The Kier molecular flexibility index (Phi) is 4.76. The van der Waals surface area contributed by atoms with Gasteiger partial charge in [0, 0.05) is 30.1 Å². The summed E-state index contributed by atoms with van der Waals surface area (Å²) >= 11 is 6.11. The van der Waals surface area contributed by atoms with Crippen molar-refractivity contribution in [1.82, 2.24) is 10.3 Å². The van der Waals surface area contributed by atoms with Gasteiger partial charge in [-0.1, -0.05) is 11.6 Å². The summed E-state index contributed by atoms with van der Waals surface area (Å²) < 4.78 is 10.6. The van der Waals surface area contributed by atoms with Crippen molar-refractivity contribution in [3.8, 4) is 11.5 Å². The molecule has 1 heterocycles. The molecule has 0 spiro atoms. The lowest BCUT2D eigenvalue weighted by atomic mass is 10.2. The zero-order valence-corrected chi connectivity index (χ0v) is 14.2. The Morgan fingerprint density at radius 2 is 1.96 bits per heavy atom. The number of anilines is 2. The molecule has 3 rings (SSSR count). The number of hydrogen-bond donors (Lipinski definition) is 2. The van der Waals surface area contributed by atoms with E-state index >= 15 is 0 Å². The van der Waals surface area contributed by atoms with E-state index in [1.165, 1.54) is 0 Å². The first-order chi connectivity index (χ1) is 11.6. The standard InChI is InChI=1S/C17H18ClN3O3/c1-23-15-9-13(16(24-2)8-12(15)18)20-11-5-6-19-14(7-11)17(22)21-10-3-4-10/h5-10H,3-4H2,1-2H3,(H,19,20)(H,21,22). The van der Waals surface area contributed by atoms with Crippen LogP contribution in [0, 0.1) is 0 Å². The van der Waals surface area contributed by atoms with Gasteiger partial charge in [-0.05, 0) is 25.0 Å². The summed E-state index contributed by atoms with van der Waals surface area (Å²) in [5.74, 6) is 0.934. The van der Waals surface area contributed by atoms with Gasteiger partial charge in [-0.3, -0.25) is 9.78 Å². The molecular weight excluding hydrogens is 330 g/mol. The molecule has 1 aromatic heterocycles. The molecule has 24 heavy (non-hydrogen) atoms. The summed E-state index contributed by atoms with van der Waals surface area (Å²) in [7, 11) is 3.11. The van der Waals surface area contributed by atoms with E-state index in [-0.39, 0.29) is 11.9 Å². The molecule has 0 saturated heterocycles. The van der Waals surface area contributed by atoms with E-state index in [9.17, 15) is 4.79 Å². The maximum Gasteiger partial charge on any atom is 0.270 e. The molecule has 0 bridgehead atoms. The van der Waals surface area contributed by atoms with Crippen LogP contribution in [-0.4, -0.2) is 31.2 Å². The molecule has 0 radical (unpaired) electrons. The quantitative estimate of drug-likeness (QED) is 0.838. The van der Waals surface area contributed by atoms with E-state index in [2.05, 4.69) is 15.6 Å². The molecule has 126 valence electrons. The number of nitrogens with one attached hydrogen (secondary N) is 2. The van der Waals surface area contributed by atoms with Crippen molar-refractivity contribution in [2.24, 2.45) is 0 Å². The highest BCUT2D eigenvalue weighted by molar-refractivity contribution is 6.32. The van der Waals surface area contributed by atoms with Crippen molar-refractivity contribution in [2.75, 3.05) is 19.5 Å². The van der Waals surface area contributed by atoms with Gasteiger partial charge < -0.3 is 20.1 Å². The van der Waals surface area contributed by atoms with E-state index in [0.717, 1.165) is 12.8 Å². The van der Waals surface area contributed by atoms with Gasteiger partial charge in [0.1, 0.15) is 17.2 Å². The van der Waals surface area contributed by atoms with Crippen LogP contribution >= 0.6 is 11.6 Å². The molecule has 1 aliphatic rings. The minimum absolute atomic E-state index is 0.165. The Morgan fingerprint density at radius 1 is 1.21 bits per heavy atom. The van der Waals surface area contributed by atoms with Gasteiger partial charge in [0.2, 0.25) is 0 Å². The van der Waals surface area contributed by atoms with Crippen LogP contribution in [0.4, 0.5) is 11.4 Å². The zero-order chi connectivity index (χ0) is 17.1. The minimum atomic E-state index is -0.165. The molecule has 1 aliphatic carbocycles. The second-order valence-corrected chi connectivity index (χ2v) is 5.90. The molecule has 2 N–H and O–H groups in total. The first kappa shape index (κ1) is 16.4. The molecule has 6 nitrogen and oxygen atoms in total. The smallest absolute Gasteiger partial charge is 0.270 e. The van der Waals surface area contributed by atoms with E-state index < -0.39 is 0 Å². The number of hydrogen-bond acceptors (Lipinski definition) is 5. The third-order valence-corrected chi connectivity index (χ3v) is 3.95. The predicted molar refractivity (Wildman–Crippen MR) is 92.6 cm³/mol. The average Bonchev–Trinajstić information content (AvgIpc) is 3.40. The number of methoxy groups -OCH3 is 2. The molecular formula is C17H18ClN3O3. The monoisotopic (exact) mass is 347 g/mol. The Hall–Kier alpha value is -2.47. The van der Waals surface area contributed by atoms with Gasteiger partial charge >= 0.3 is 0 Å². The van der Waals surface area contributed by atoms with Crippen molar-refractivity contribution in [1.29, 1.82) is 0 Å². The van der Waals surface area contributed by atoms with E-state index in [0.29, 0.717) is 33.6 Å². The predicted octanol–water partition coefficient (Wildman–Crippen LogP) is 3.39. The van der Waals surface area contributed by atoms with Gasteiger partial charge in [-0.25, -0.2) is 0 Å². The number of pyridine rings is 1. The number of amides is 1. The summed E-state index contributed by atoms with van der Waals surface area (Å²) in [6.07, 6.45) is 3.65. The molecule has 2 aromatic rings. The molecule has 0 unspecified atom stereocenters. The number of nitrogens with zero attached hydrogens (tertiary/aromatic N) is 1. The lowest BCUT2D eigenvalue weighted by molar-refractivity contribution is 0.0946. The molecule has 1 amide bonds. The zero-order valence-electron chi connectivity index (χ0n) is 13.4. The molecule has 7 heteroatoms. The summed E-state index contributed by atoms with van der Waals surface area (Å²) in [6.45, 7) is 0. The first-order valence-corrected chi connectivity index (χ1v) is 7.94. The number of aromatic nitrogens is 1. The third-order valence-electron chi connectivity index (χ3n) is 3.66. The van der Waals surface area contributed by atoms with Gasteiger partial charge in [0.05, 0.1) is 24.9 Å². The molecule has 0 atom stereocenters. The molecule has 0 aliphatic heterocycles. The fourth-order valence-corrected chi connectivity index (χ4v) is 2.46. The number of rotatable bonds is 6. The first-order valence-electron chi connectivity index (χ1n) is 7.56. The minimum Gasteiger partial charge on any atom is -0.495 e. The number of carbonyl (C=O) groups is 1. The van der Waals surface area contributed by atoms with Crippen LogP contribution in [0.15, 0.2) is 30.5 Å². The fraction of sp³-hybridized carbons (Fsp3) is 0.294. The van der Waals surface area contributed by atoms with Crippen LogP contribution in [0.25, 0.3) is 0 Å². The number of ether oxygens (including phenoxy) is 2. The molecule has 1 saturated carbocycles. The molecule has 1 fully saturated rings. The van der Waals surface area contributed by atoms with E-state index in [4.69, 9.17) is 21.1 Å². The van der Waals surface area contributed by atoms with Crippen LogP contribution < -0.4 is 20.1 Å². The van der Waals surface area contributed by atoms with Crippen LogP contribution in [0.2, 0.25) is 5.02 Å². The normalized spacial score (nSPS) is 13.3. The maximum absolute atomic E-state index is 12.1. The lowest BCUT2D eigenvalue weighted by Gasteiger charge is -2.14. The van der Waals surface area contributed by atoms with Gasteiger partial charge in [-0.15, -0.1) is 0 Å². The van der Waals surface area contributed by atoms with Crippen molar-refractivity contribution in [3.63, 3.8) is 0 Å². The van der Waals surface area contributed by atoms with Crippen molar-refractivity contribution < 1.29 is 14.3 Å². The highest BCUT2D eigenvalue weighted by atomic mass is 35.5. The Labute approximate surface area is 145 Å². The SMILES string of the molecule is COc1cc(Nc2ccnc(C(=O)NC3CC3)c2)c(OC)cc1Cl. The van der Waals surface area contributed by atoms with Crippen molar-refractivity contribution in [2.45, 2.75) is 18.9 Å². The van der Waals surface area contributed by atoms with Crippen molar-refractivity contribution >= 4 is 28.9 Å². The Balaban J connectivity index is 1.84. The van der Waals surface area contributed by atoms with Crippen LogP contribution in [0.1, 0.15) is 23.3 Å². The summed E-state index contributed by atoms with van der Waals surface area (Å²) in [4.78, 5) is 16.2. The van der Waals surface area contributed by atoms with Gasteiger partial charge in [-0.2, -0.15) is 0 Å². The van der Waals surface area contributed by atoms with E-state index in [1.54, 1.807) is 44.7 Å². The second-order valence-electron chi connectivity index (χ2n) is 5.49. The third kappa shape index (κ3) is 3.71. The van der Waals surface area contributed by atoms with Crippen LogP contribution in [-0.2, 0) is 0 Å². The Bertz CT molecular complexity index is 763. The summed E-state index contributed by atoms with van der Waals surface area (Å²) in [5.41, 5.74) is 1.76. The van der Waals surface area contributed by atoms with Crippen molar-refractivity contribution in [3.05, 3.63) is 41.2 Å². The van der Waals surface area contributed by atoms with Crippen LogP contribution in [0.5, 0.6) is 11.5 Å². The number of halogens is 1. The van der Waals surface area contributed by atoms with Gasteiger partial charge in [0.15, 0.2) is 0 Å². The highest BCUT2D eigenvalue weighted by Gasteiger charge is 2.24. The maximum atomic E-state index is 12.1. The topological polar surface area (TPSA) is 72.5 Å². The highest BCUT2D eigenvalue weighted by Crippen LogP contribution is 2.37. The number of carbonyl (C=O) groups excluding carboxylic acids is 1. The average molecular weight is 348 g/mol. The lowest BCUT2D eigenvalue weighted by Crippen LogP contribution is -2.26. The largest absolute Gasteiger partial charge is 0.495 e. The molecule has 1 aromatic carbocycles. The van der Waals surface area contributed by atoms with E-state index in [1.807, 2.05) is 0 Å². The van der Waals surface area contributed by atoms with Crippen LogP contribution in [0.3, 0.4) is 0 Å². The summed E-state index contributed by atoms with van der Waals surface area (Å²) in [6, 6.07) is 7.17. The second kappa shape index (κ2) is 6.97. The fourth-order valence-electron chi connectivity index (χ4n) is 2.23. The summed E-state index contributed by atoms with van der Waals surface area (Å²) in [5, 5.41) is 6.58. The van der Waals surface area contributed by atoms with Gasteiger partial charge in [0.25, 0.3) is 5.91 Å². The number of benzene rings is 1. The Morgan fingerprint density at radius 3 is 2.62 bits per heavy atom.